The number of carbonyl (C=O) groups is 1. The fourth-order valence-electron chi connectivity index (χ4n) is 3.08. The van der Waals surface area contributed by atoms with Crippen LogP contribution in [-0.2, 0) is 0 Å². The van der Waals surface area contributed by atoms with Crippen molar-refractivity contribution in [3.05, 3.63) is 74.0 Å². The molecule has 0 unspecified atom stereocenters. The standard InChI is InChI=1S/C19H15N3O4/c1-9-5-10(2)16-11(6-9)7-13(18(24)22-16)17(23)20-12-3-4-14-15(8-12)26-19(25)21-14/h3-8H,1-2H3,(H,20,23)(H,21,25)(H,22,24). The second kappa shape index (κ2) is 5.73. The van der Waals surface area contributed by atoms with Crippen LogP contribution in [0.5, 0.6) is 0 Å². The third-order valence-corrected chi connectivity index (χ3v) is 4.22. The molecule has 7 heteroatoms. The van der Waals surface area contributed by atoms with E-state index in [2.05, 4.69) is 15.3 Å². The minimum Gasteiger partial charge on any atom is -0.408 e. The Kier molecular flexibility index (Phi) is 3.50. The van der Waals surface area contributed by atoms with E-state index < -0.39 is 17.2 Å². The molecule has 0 saturated carbocycles. The van der Waals surface area contributed by atoms with E-state index in [1.807, 2.05) is 26.0 Å². The molecule has 4 rings (SSSR count). The highest BCUT2D eigenvalue weighted by molar-refractivity contribution is 6.06. The highest BCUT2D eigenvalue weighted by atomic mass is 16.4. The van der Waals surface area contributed by atoms with Crippen LogP contribution in [0.2, 0.25) is 0 Å². The summed E-state index contributed by atoms with van der Waals surface area (Å²) in [5.41, 5.74) is 3.53. The molecule has 0 bridgehead atoms. The van der Waals surface area contributed by atoms with Crippen molar-refractivity contribution in [3.63, 3.8) is 0 Å². The Bertz CT molecular complexity index is 1290. The second-order valence-electron chi connectivity index (χ2n) is 6.24. The highest BCUT2D eigenvalue weighted by Gasteiger charge is 2.14. The molecule has 2 heterocycles. The molecule has 130 valence electrons. The number of aryl methyl sites for hydroxylation is 2. The second-order valence-corrected chi connectivity index (χ2v) is 6.24. The van der Waals surface area contributed by atoms with Gasteiger partial charge in [0.25, 0.3) is 11.5 Å². The number of benzene rings is 2. The Balaban J connectivity index is 1.73. The van der Waals surface area contributed by atoms with Crippen molar-refractivity contribution in [2.75, 3.05) is 5.32 Å². The van der Waals surface area contributed by atoms with E-state index in [1.54, 1.807) is 18.2 Å². The van der Waals surface area contributed by atoms with Gasteiger partial charge in [-0.2, -0.15) is 0 Å². The van der Waals surface area contributed by atoms with Gasteiger partial charge in [-0.25, -0.2) is 4.79 Å². The molecule has 26 heavy (non-hydrogen) atoms. The molecule has 0 saturated heterocycles. The molecule has 0 aliphatic carbocycles. The zero-order valence-corrected chi connectivity index (χ0v) is 14.1. The number of hydrogen-bond donors (Lipinski definition) is 3. The van der Waals surface area contributed by atoms with Gasteiger partial charge >= 0.3 is 5.76 Å². The first-order chi connectivity index (χ1) is 12.4. The molecule has 2 aromatic carbocycles. The Hall–Kier alpha value is -3.61. The van der Waals surface area contributed by atoms with E-state index in [9.17, 15) is 14.4 Å². The number of rotatable bonds is 2. The molecule has 2 aromatic heterocycles. The average Bonchev–Trinajstić information content (AvgIpc) is 2.94. The Morgan fingerprint density at radius 1 is 1.04 bits per heavy atom. The summed E-state index contributed by atoms with van der Waals surface area (Å²) >= 11 is 0. The van der Waals surface area contributed by atoms with Crippen LogP contribution in [0.25, 0.3) is 22.0 Å². The minimum atomic E-state index is -0.569. The van der Waals surface area contributed by atoms with Crippen molar-refractivity contribution in [1.29, 1.82) is 0 Å². The van der Waals surface area contributed by atoms with Gasteiger partial charge in [0, 0.05) is 11.8 Å². The summed E-state index contributed by atoms with van der Waals surface area (Å²) in [6.07, 6.45) is 0. The molecule has 0 radical (unpaired) electrons. The first-order valence-electron chi connectivity index (χ1n) is 7.99. The van der Waals surface area contributed by atoms with Crippen molar-refractivity contribution < 1.29 is 9.21 Å². The average molecular weight is 349 g/mol. The van der Waals surface area contributed by atoms with Crippen molar-refractivity contribution in [2.45, 2.75) is 13.8 Å². The lowest BCUT2D eigenvalue weighted by Gasteiger charge is -2.08. The third kappa shape index (κ3) is 2.69. The molecular formula is C19H15N3O4. The van der Waals surface area contributed by atoms with Crippen LogP contribution in [-0.4, -0.2) is 15.9 Å². The lowest BCUT2D eigenvalue weighted by Crippen LogP contribution is -2.23. The normalized spacial score (nSPS) is 11.2. The van der Waals surface area contributed by atoms with Crippen molar-refractivity contribution in [2.24, 2.45) is 0 Å². The summed E-state index contributed by atoms with van der Waals surface area (Å²) in [6.45, 7) is 3.86. The molecule has 0 spiro atoms. The third-order valence-electron chi connectivity index (χ3n) is 4.22. The first-order valence-corrected chi connectivity index (χ1v) is 7.99. The fraction of sp³-hybridized carbons (Fsp3) is 0.105. The Morgan fingerprint density at radius 3 is 2.65 bits per heavy atom. The zero-order chi connectivity index (χ0) is 18.4. The lowest BCUT2D eigenvalue weighted by molar-refractivity contribution is 0.102. The number of H-pyrrole nitrogens is 2. The Morgan fingerprint density at radius 2 is 1.85 bits per heavy atom. The van der Waals surface area contributed by atoms with Crippen LogP contribution in [0.15, 0.2) is 50.4 Å². The van der Waals surface area contributed by atoms with E-state index in [0.29, 0.717) is 22.3 Å². The van der Waals surface area contributed by atoms with Crippen LogP contribution < -0.4 is 16.6 Å². The molecule has 0 aliphatic heterocycles. The number of hydrogen-bond acceptors (Lipinski definition) is 4. The van der Waals surface area contributed by atoms with Gasteiger partial charge in [-0.3, -0.25) is 14.6 Å². The summed E-state index contributed by atoms with van der Waals surface area (Å²) in [5, 5.41) is 3.45. The van der Waals surface area contributed by atoms with Crippen LogP contribution >= 0.6 is 0 Å². The SMILES string of the molecule is Cc1cc(C)c2[nH]c(=O)c(C(=O)Nc3ccc4[nH]c(=O)oc4c3)cc2c1. The summed E-state index contributed by atoms with van der Waals surface area (Å²) in [7, 11) is 0. The molecule has 7 nitrogen and oxygen atoms in total. The molecule has 0 fully saturated rings. The van der Waals surface area contributed by atoms with Gasteiger partial charge in [0.05, 0.1) is 11.0 Å². The number of carbonyl (C=O) groups excluding carboxylic acids is 1. The van der Waals surface area contributed by atoms with Gasteiger partial charge in [0.2, 0.25) is 0 Å². The van der Waals surface area contributed by atoms with Crippen LogP contribution in [0, 0.1) is 13.8 Å². The van der Waals surface area contributed by atoms with E-state index >= 15 is 0 Å². The highest BCUT2D eigenvalue weighted by Crippen LogP contribution is 2.20. The number of fused-ring (bicyclic) bond motifs is 2. The van der Waals surface area contributed by atoms with E-state index in [4.69, 9.17) is 4.42 Å². The number of anilines is 1. The number of oxazole rings is 1. The first kappa shape index (κ1) is 15.9. The van der Waals surface area contributed by atoms with E-state index in [0.717, 1.165) is 16.5 Å². The molecule has 3 N–H and O–H groups in total. The van der Waals surface area contributed by atoms with E-state index in [-0.39, 0.29) is 5.56 Å². The monoisotopic (exact) mass is 349 g/mol. The summed E-state index contributed by atoms with van der Waals surface area (Å²) < 4.78 is 4.97. The molecule has 1 amide bonds. The van der Waals surface area contributed by atoms with Gasteiger partial charge in [-0.05, 0) is 49.1 Å². The predicted molar refractivity (Wildman–Crippen MR) is 98.8 cm³/mol. The zero-order valence-electron chi connectivity index (χ0n) is 14.1. The van der Waals surface area contributed by atoms with Crippen LogP contribution in [0.4, 0.5) is 5.69 Å². The van der Waals surface area contributed by atoms with Gasteiger partial charge < -0.3 is 14.7 Å². The van der Waals surface area contributed by atoms with Crippen LogP contribution in [0.1, 0.15) is 21.5 Å². The number of amides is 1. The largest absolute Gasteiger partial charge is 0.417 e. The fourth-order valence-corrected chi connectivity index (χ4v) is 3.08. The quantitative estimate of drug-likeness (QED) is 0.517. The van der Waals surface area contributed by atoms with Gasteiger partial charge in [-0.15, -0.1) is 0 Å². The molecular weight excluding hydrogens is 334 g/mol. The maximum absolute atomic E-state index is 12.6. The topological polar surface area (TPSA) is 108 Å². The maximum atomic E-state index is 12.6. The number of pyridine rings is 1. The van der Waals surface area contributed by atoms with Crippen molar-refractivity contribution in [3.8, 4) is 0 Å². The number of aromatic amines is 2. The van der Waals surface area contributed by atoms with E-state index in [1.165, 1.54) is 6.07 Å². The van der Waals surface area contributed by atoms with Gasteiger partial charge in [-0.1, -0.05) is 11.6 Å². The summed E-state index contributed by atoms with van der Waals surface area (Å²) in [5.74, 6) is -1.11. The molecule has 0 atom stereocenters. The Labute approximate surface area is 146 Å². The summed E-state index contributed by atoms with van der Waals surface area (Å²) in [4.78, 5) is 41.4. The minimum absolute atomic E-state index is 0.0121. The summed E-state index contributed by atoms with van der Waals surface area (Å²) in [6, 6.07) is 10.2. The van der Waals surface area contributed by atoms with Crippen molar-refractivity contribution >= 4 is 33.6 Å². The molecule has 4 aromatic rings. The predicted octanol–water partition coefficient (Wildman–Crippen LogP) is 2.83. The number of aromatic nitrogens is 2. The smallest absolute Gasteiger partial charge is 0.408 e. The molecule has 0 aliphatic rings. The maximum Gasteiger partial charge on any atom is 0.417 e. The van der Waals surface area contributed by atoms with Gasteiger partial charge in [0.1, 0.15) is 5.56 Å². The van der Waals surface area contributed by atoms with Gasteiger partial charge in [0.15, 0.2) is 5.58 Å². The van der Waals surface area contributed by atoms with Crippen molar-refractivity contribution in [1.82, 2.24) is 9.97 Å². The number of nitrogens with one attached hydrogen (secondary N) is 3. The van der Waals surface area contributed by atoms with Crippen LogP contribution in [0.3, 0.4) is 0 Å². The lowest BCUT2D eigenvalue weighted by atomic mass is 10.1.